The molecule has 1 aliphatic rings. The summed E-state index contributed by atoms with van der Waals surface area (Å²) >= 11 is 1.80. The van der Waals surface area contributed by atoms with Crippen molar-refractivity contribution in [2.75, 3.05) is 0 Å². The minimum Gasteiger partial charge on any atom is -0.382 e. The van der Waals surface area contributed by atoms with E-state index in [0.29, 0.717) is 0 Å². The molecule has 1 atom stereocenters. The maximum atomic E-state index is 9.56. The Labute approximate surface area is 79.9 Å². The highest BCUT2D eigenvalue weighted by atomic mass is 32.2. The number of thioether (sulfide) groups is 1. The zero-order valence-electron chi connectivity index (χ0n) is 7.96. The second-order valence-corrected chi connectivity index (χ2v) is 5.12. The van der Waals surface area contributed by atoms with Gasteiger partial charge in [0.15, 0.2) is 0 Å². The van der Waals surface area contributed by atoms with Crippen LogP contribution in [0.1, 0.15) is 51.9 Å². The lowest BCUT2D eigenvalue weighted by Gasteiger charge is -2.23. The molecule has 1 unspecified atom stereocenters. The molecule has 0 aromatic carbocycles. The predicted molar refractivity (Wildman–Crippen MR) is 55.4 cm³/mol. The summed E-state index contributed by atoms with van der Waals surface area (Å²) in [5.41, 5.74) is -0.0990. The van der Waals surface area contributed by atoms with E-state index in [1.165, 1.54) is 32.1 Å². The summed E-state index contributed by atoms with van der Waals surface area (Å²) < 4.78 is 0. The van der Waals surface area contributed by atoms with E-state index >= 15 is 0 Å². The summed E-state index contributed by atoms with van der Waals surface area (Å²) in [4.78, 5) is 0. The van der Waals surface area contributed by atoms with Crippen molar-refractivity contribution < 1.29 is 5.11 Å². The standard InChI is InChI=1S/C10H20OS/c1-2-6-10(11)12-9-7-4-3-5-8-9/h9-11H,2-8H2,1H3. The largest absolute Gasteiger partial charge is 0.382 e. The Morgan fingerprint density at radius 2 is 2.00 bits per heavy atom. The van der Waals surface area contributed by atoms with Gasteiger partial charge in [0.2, 0.25) is 0 Å². The summed E-state index contributed by atoms with van der Waals surface area (Å²) in [5, 5.41) is 10.3. The van der Waals surface area contributed by atoms with Gasteiger partial charge in [-0.05, 0) is 19.3 Å². The van der Waals surface area contributed by atoms with Gasteiger partial charge in [-0.3, -0.25) is 0 Å². The summed E-state index contributed by atoms with van der Waals surface area (Å²) in [6, 6.07) is 0. The van der Waals surface area contributed by atoms with Crippen LogP contribution in [0.2, 0.25) is 0 Å². The molecule has 0 aliphatic heterocycles. The smallest absolute Gasteiger partial charge is 0.0995 e. The van der Waals surface area contributed by atoms with Gasteiger partial charge in [-0.2, -0.15) is 0 Å². The van der Waals surface area contributed by atoms with Crippen molar-refractivity contribution in [2.45, 2.75) is 62.6 Å². The van der Waals surface area contributed by atoms with Crippen molar-refractivity contribution in [2.24, 2.45) is 0 Å². The van der Waals surface area contributed by atoms with Gasteiger partial charge in [-0.1, -0.05) is 32.6 Å². The molecule has 1 rings (SSSR count). The van der Waals surface area contributed by atoms with Crippen LogP contribution in [-0.4, -0.2) is 15.8 Å². The van der Waals surface area contributed by atoms with Crippen LogP contribution in [0.5, 0.6) is 0 Å². The molecule has 0 saturated heterocycles. The zero-order chi connectivity index (χ0) is 8.81. The predicted octanol–water partition coefficient (Wildman–Crippen LogP) is 3.17. The highest BCUT2D eigenvalue weighted by Gasteiger charge is 2.16. The SMILES string of the molecule is CCCC(O)SC1CCCCC1. The number of aliphatic hydroxyl groups excluding tert-OH is 1. The van der Waals surface area contributed by atoms with Crippen LogP contribution in [0.3, 0.4) is 0 Å². The van der Waals surface area contributed by atoms with E-state index in [4.69, 9.17) is 0 Å². The van der Waals surface area contributed by atoms with Crippen LogP contribution in [0.25, 0.3) is 0 Å². The first kappa shape index (κ1) is 10.4. The van der Waals surface area contributed by atoms with Crippen LogP contribution in [-0.2, 0) is 0 Å². The molecule has 12 heavy (non-hydrogen) atoms. The van der Waals surface area contributed by atoms with E-state index < -0.39 is 0 Å². The molecule has 0 amide bonds. The first-order valence-corrected chi connectivity index (χ1v) is 6.10. The molecule has 1 aliphatic carbocycles. The number of hydrogen-bond acceptors (Lipinski definition) is 2. The van der Waals surface area contributed by atoms with Crippen molar-refractivity contribution in [1.82, 2.24) is 0 Å². The Morgan fingerprint density at radius 3 is 2.58 bits per heavy atom. The quantitative estimate of drug-likeness (QED) is 0.684. The van der Waals surface area contributed by atoms with E-state index in [9.17, 15) is 5.11 Å². The molecule has 1 N–H and O–H groups in total. The molecule has 1 saturated carbocycles. The average molecular weight is 188 g/mol. The normalized spacial score (nSPS) is 22.5. The molecule has 1 nitrogen and oxygen atoms in total. The lowest BCUT2D eigenvalue weighted by molar-refractivity contribution is 0.250. The summed E-state index contributed by atoms with van der Waals surface area (Å²) in [6.07, 6.45) is 8.85. The van der Waals surface area contributed by atoms with Gasteiger partial charge >= 0.3 is 0 Å². The molecule has 0 spiro atoms. The molecule has 0 bridgehead atoms. The molecule has 0 heterocycles. The molecule has 1 fully saturated rings. The fourth-order valence-corrected chi connectivity index (χ4v) is 3.16. The minimum absolute atomic E-state index is 0.0990. The molecule has 2 heteroatoms. The van der Waals surface area contributed by atoms with Crippen LogP contribution in [0, 0.1) is 0 Å². The van der Waals surface area contributed by atoms with Gasteiger partial charge in [0.25, 0.3) is 0 Å². The highest BCUT2D eigenvalue weighted by Crippen LogP contribution is 2.31. The topological polar surface area (TPSA) is 20.2 Å². The fourth-order valence-electron chi connectivity index (χ4n) is 1.74. The van der Waals surface area contributed by atoms with Crippen molar-refractivity contribution in [1.29, 1.82) is 0 Å². The maximum absolute atomic E-state index is 9.56. The third kappa shape index (κ3) is 3.81. The average Bonchev–Trinajstić information content (AvgIpc) is 2.06. The van der Waals surface area contributed by atoms with E-state index in [1.807, 2.05) is 0 Å². The Hall–Kier alpha value is 0.310. The highest BCUT2D eigenvalue weighted by molar-refractivity contribution is 8.00. The van der Waals surface area contributed by atoms with Gasteiger partial charge in [0.1, 0.15) is 0 Å². The second kappa shape index (κ2) is 5.87. The van der Waals surface area contributed by atoms with E-state index in [1.54, 1.807) is 11.8 Å². The van der Waals surface area contributed by atoms with Crippen molar-refractivity contribution in [3.8, 4) is 0 Å². The van der Waals surface area contributed by atoms with Crippen molar-refractivity contribution >= 4 is 11.8 Å². The number of hydrogen-bond donors (Lipinski definition) is 1. The van der Waals surface area contributed by atoms with Crippen LogP contribution in [0.15, 0.2) is 0 Å². The van der Waals surface area contributed by atoms with Crippen LogP contribution in [0.4, 0.5) is 0 Å². The Bertz CT molecular complexity index is 110. The van der Waals surface area contributed by atoms with Crippen molar-refractivity contribution in [3.63, 3.8) is 0 Å². The summed E-state index contributed by atoms with van der Waals surface area (Å²) in [6.45, 7) is 2.13. The lowest BCUT2D eigenvalue weighted by Crippen LogP contribution is -2.13. The van der Waals surface area contributed by atoms with Gasteiger partial charge in [0, 0.05) is 5.25 Å². The molecular formula is C10H20OS. The molecule has 0 aromatic rings. The monoisotopic (exact) mass is 188 g/mol. The summed E-state index contributed by atoms with van der Waals surface area (Å²) in [5.74, 6) is 0. The van der Waals surface area contributed by atoms with E-state index in [2.05, 4.69) is 6.92 Å². The molecule has 0 aromatic heterocycles. The van der Waals surface area contributed by atoms with Gasteiger partial charge < -0.3 is 5.11 Å². The zero-order valence-corrected chi connectivity index (χ0v) is 8.78. The van der Waals surface area contributed by atoms with E-state index in [-0.39, 0.29) is 5.44 Å². The number of aliphatic hydroxyl groups is 1. The third-order valence-corrected chi connectivity index (χ3v) is 3.84. The second-order valence-electron chi connectivity index (χ2n) is 3.64. The third-order valence-electron chi connectivity index (χ3n) is 2.44. The van der Waals surface area contributed by atoms with Crippen LogP contribution >= 0.6 is 11.8 Å². The maximum Gasteiger partial charge on any atom is 0.0995 e. The first-order chi connectivity index (χ1) is 5.83. The summed E-state index contributed by atoms with van der Waals surface area (Å²) in [7, 11) is 0. The Morgan fingerprint density at radius 1 is 1.33 bits per heavy atom. The van der Waals surface area contributed by atoms with Gasteiger partial charge in [-0.25, -0.2) is 0 Å². The van der Waals surface area contributed by atoms with Gasteiger partial charge in [0.05, 0.1) is 5.44 Å². The van der Waals surface area contributed by atoms with E-state index in [0.717, 1.165) is 18.1 Å². The minimum atomic E-state index is -0.0990. The molecule has 72 valence electrons. The van der Waals surface area contributed by atoms with Gasteiger partial charge in [-0.15, -0.1) is 11.8 Å². The molecular weight excluding hydrogens is 168 g/mol. The fraction of sp³-hybridized carbons (Fsp3) is 1.00. The Kier molecular flexibility index (Phi) is 5.08. The lowest BCUT2D eigenvalue weighted by atomic mass is 10.0. The first-order valence-electron chi connectivity index (χ1n) is 5.16. The molecule has 0 radical (unpaired) electrons. The van der Waals surface area contributed by atoms with Crippen molar-refractivity contribution in [3.05, 3.63) is 0 Å². The van der Waals surface area contributed by atoms with Crippen LogP contribution < -0.4 is 0 Å². The number of rotatable bonds is 4. The Balaban J connectivity index is 2.11.